The molecule has 4 heteroatoms. The molecule has 1 N–H and O–H groups in total. The van der Waals surface area contributed by atoms with Gasteiger partial charge in [0.1, 0.15) is 6.10 Å². The second kappa shape index (κ2) is 3.36. The molecule has 0 amide bonds. The Morgan fingerprint density at radius 3 is 2.45 bits per heavy atom. The van der Waals surface area contributed by atoms with Crippen LogP contribution in [0.25, 0.3) is 0 Å². The van der Waals surface area contributed by atoms with Gasteiger partial charge in [-0.3, -0.25) is 0 Å². The number of halogens is 3. The molecule has 0 aromatic heterocycles. The molecule has 0 spiro atoms. The molecule has 0 heterocycles. The fraction of sp³-hybridized carbons (Fsp3) is 0.429. The summed E-state index contributed by atoms with van der Waals surface area (Å²) in [6.07, 6.45) is 5.15. The molecule has 0 bridgehead atoms. The Bertz CT molecular complexity index is 202. The van der Waals surface area contributed by atoms with Gasteiger partial charge in [0.05, 0.1) is 0 Å². The van der Waals surface area contributed by atoms with Crippen molar-refractivity contribution in [3.63, 3.8) is 0 Å². The summed E-state index contributed by atoms with van der Waals surface area (Å²) >= 11 is 16.4. The molecule has 1 atom stereocenters. The van der Waals surface area contributed by atoms with Crippen molar-refractivity contribution in [1.82, 2.24) is 0 Å². The van der Waals surface area contributed by atoms with Crippen LogP contribution in [0.2, 0.25) is 0 Å². The molecule has 62 valence electrons. The molecule has 0 saturated carbocycles. The quantitative estimate of drug-likeness (QED) is 0.664. The molecule has 0 saturated heterocycles. The maximum Gasteiger partial charge on any atom is 0.219 e. The molecule has 1 rings (SSSR count). The molecule has 0 aromatic rings. The highest BCUT2D eigenvalue weighted by atomic mass is 35.6. The van der Waals surface area contributed by atoms with Crippen molar-refractivity contribution in [3.05, 3.63) is 23.8 Å². The van der Waals surface area contributed by atoms with E-state index < -0.39 is 9.90 Å². The van der Waals surface area contributed by atoms with Crippen LogP contribution in [0.5, 0.6) is 0 Å². The molecule has 1 aliphatic carbocycles. The Balaban J connectivity index is 2.62. The molecule has 0 aromatic carbocycles. The molecule has 1 nitrogen and oxygen atoms in total. The van der Waals surface area contributed by atoms with Gasteiger partial charge in [0.2, 0.25) is 3.79 Å². The SMILES string of the molecule is OC(C1=CC=CC1)C(Cl)(Cl)Cl. The zero-order valence-corrected chi connectivity index (χ0v) is 7.87. The lowest BCUT2D eigenvalue weighted by Crippen LogP contribution is -2.26. The van der Waals surface area contributed by atoms with Crippen molar-refractivity contribution < 1.29 is 5.11 Å². The number of alkyl halides is 3. The lowest BCUT2D eigenvalue weighted by molar-refractivity contribution is 0.213. The van der Waals surface area contributed by atoms with Crippen LogP contribution in [0, 0.1) is 0 Å². The third-order valence-corrected chi connectivity index (χ3v) is 2.08. The zero-order valence-electron chi connectivity index (χ0n) is 5.60. The minimum atomic E-state index is -1.61. The Morgan fingerprint density at radius 2 is 2.09 bits per heavy atom. The first-order chi connectivity index (χ1) is 5.02. The van der Waals surface area contributed by atoms with E-state index in [1.165, 1.54) is 0 Å². The van der Waals surface area contributed by atoms with E-state index in [9.17, 15) is 5.11 Å². The summed E-state index contributed by atoms with van der Waals surface area (Å²) in [7, 11) is 0. The second-order valence-electron chi connectivity index (χ2n) is 2.32. The van der Waals surface area contributed by atoms with Crippen LogP contribution in [0.3, 0.4) is 0 Å². The molecular formula is C7H7Cl3O. The topological polar surface area (TPSA) is 20.2 Å². The highest BCUT2D eigenvalue weighted by Crippen LogP contribution is 2.35. The van der Waals surface area contributed by atoms with Gasteiger partial charge in [-0.25, -0.2) is 0 Å². The van der Waals surface area contributed by atoms with E-state index in [2.05, 4.69) is 0 Å². The third-order valence-electron chi connectivity index (χ3n) is 1.46. The van der Waals surface area contributed by atoms with Crippen molar-refractivity contribution >= 4 is 34.8 Å². The van der Waals surface area contributed by atoms with Crippen LogP contribution in [0.15, 0.2) is 23.8 Å². The van der Waals surface area contributed by atoms with Gasteiger partial charge in [-0.1, -0.05) is 53.0 Å². The number of aliphatic hydroxyl groups excluding tert-OH is 1. The van der Waals surface area contributed by atoms with Gasteiger partial charge in [-0.2, -0.15) is 0 Å². The maximum absolute atomic E-state index is 9.38. The van der Waals surface area contributed by atoms with Gasteiger partial charge in [0.25, 0.3) is 0 Å². The first-order valence-corrected chi connectivity index (χ1v) is 4.25. The summed E-state index contributed by atoms with van der Waals surface area (Å²) in [5, 5.41) is 9.38. The Hall–Kier alpha value is 0.310. The van der Waals surface area contributed by atoms with E-state index in [4.69, 9.17) is 34.8 Å². The van der Waals surface area contributed by atoms with Crippen molar-refractivity contribution in [1.29, 1.82) is 0 Å². The normalized spacial score (nSPS) is 20.2. The Labute approximate surface area is 80.2 Å². The highest BCUT2D eigenvalue weighted by Gasteiger charge is 2.33. The summed E-state index contributed by atoms with van der Waals surface area (Å²) in [5.74, 6) is 0. The zero-order chi connectivity index (χ0) is 8.48. The number of aliphatic hydroxyl groups is 1. The van der Waals surface area contributed by atoms with Crippen LogP contribution in [0.4, 0.5) is 0 Å². The minimum absolute atomic E-state index is 0.662. The standard InChI is InChI=1S/C7H7Cl3O/c8-7(9,10)6(11)5-3-1-2-4-5/h1-3,6,11H,4H2. The van der Waals surface area contributed by atoms with E-state index in [-0.39, 0.29) is 0 Å². The minimum Gasteiger partial charge on any atom is -0.384 e. The van der Waals surface area contributed by atoms with Crippen molar-refractivity contribution in [3.8, 4) is 0 Å². The van der Waals surface area contributed by atoms with Gasteiger partial charge < -0.3 is 5.11 Å². The van der Waals surface area contributed by atoms with Crippen LogP contribution in [-0.4, -0.2) is 15.0 Å². The Morgan fingerprint density at radius 1 is 1.45 bits per heavy atom. The predicted molar refractivity (Wildman–Crippen MR) is 48.1 cm³/mol. The average Bonchev–Trinajstić information content (AvgIpc) is 2.34. The lowest BCUT2D eigenvalue weighted by atomic mass is 10.1. The van der Waals surface area contributed by atoms with E-state index in [0.717, 1.165) is 5.57 Å². The van der Waals surface area contributed by atoms with Crippen LogP contribution in [-0.2, 0) is 0 Å². The summed E-state index contributed by atoms with van der Waals surface area (Å²) in [4.78, 5) is 0. The summed E-state index contributed by atoms with van der Waals surface area (Å²) in [6.45, 7) is 0. The number of rotatable bonds is 1. The summed E-state index contributed by atoms with van der Waals surface area (Å²) < 4.78 is -1.61. The third kappa shape index (κ3) is 2.38. The average molecular weight is 213 g/mol. The molecule has 1 aliphatic rings. The summed E-state index contributed by atoms with van der Waals surface area (Å²) in [5.41, 5.74) is 0.741. The molecule has 0 fully saturated rings. The first kappa shape index (κ1) is 9.40. The van der Waals surface area contributed by atoms with Crippen molar-refractivity contribution in [2.24, 2.45) is 0 Å². The van der Waals surface area contributed by atoms with Crippen LogP contribution in [0.1, 0.15) is 6.42 Å². The largest absolute Gasteiger partial charge is 0.384 e. The van der Waals surface area contributed by atoms with E-state index in [0.29, 0.717) is 6.42 Å². The molecule has 0 aliphatic heterocycles. The first-order valence-electron chi connectivity index (χ1n) is 3.12. The molecule has 11 heavy (non-hydrogen) atoms. The second-order valence-corrected chi connectivity index (χ2v) is 4.69. The molecular weight excluding hydrogens is 206 g/mol. The van der Waals surface area contributed by atoms with Gasteiger partial charge in [-0.15, -0.1) is 0 Å². The summed E-state index contributed by atoms with van der Waals surface area (Å²) in [6, 6.07) is 0. The predicted octanol–water partition coefficient (Wildman–Crippen LogP) is 2.60. The monoisotopic (exact) mass is 212 g/mol. The van der Waals surface area contributed by atoms with Crippen molar-refractivity contribution in [2.75, 3.05) is 0 Å². The smallest absolute Gasteiger partial charge is 0.219 e. The van der Waals surface area contributed by atoms with Crippen LogP contribution < -0.4 is 0 Å². The fourth-order valence-electron chi connectivity index (χ4n) is 0.877. The van der Waals surface area contributed by atoms with E-state index >= 15 is 0 Å². The number of hydrogen-bond acceptors (Lipinski definition) is 1. The number of allylic oxidation sites excluding steroid dienone is 3. The number of hydrogen-bond donors (Lipinski definition) is 1. The van der Waals surface area contributed by atoms with E-state index in [1.54, 1.807) is 6.08 Å². The van der Waals surface area contributed by atoms with Gasteiger partial charge in [0.15, 0.2) is 0 Å². The Kier molecular flexibility index (Phi) is 2.87. The maximum atomic E-state index is 9.38. The fourth-order valence-corrected chi connectivity index (χ4v) is 1.30. The van der Waals surface area contributed by atoms with Gasteiger partial charge in [-0.05, 0) is 12.0 Å². The van der Waals surface area contributed by atoms with Gasteiger partial charge >= 0.3 is 0 Å². The van der Waals surface area contributed by atoms with Crippen LogP contribution >= 0.6 is 34.8 Å². The van der Waals surface area contributed by atoms with Gasteiger partial charge in [0, 0.05) is 0 Å². The molecule has 1 unspecified atom stereocenters. The lowest BCUT2D eigenvalue weighted by Gasteiger charge is -2.19. The van der Waals surface area contributed by atoms with E-state index in [1.807, 2.05) is 12.2 Å². The highest BCUT2D eigenvalue weighted by molar-refractivity contribution is 6.68. The molecule has 0 radical (unpaired) electrons. The van der Waals surface area contributed by atoms with Crippen molar-refractivity contribution in [2.45, 2.75) is 16.3 Å².